The van der Waals surface area contributed by atoms with E-state index in [1.165, 1.54) is 0 Å². The summed E-state index contributed by atoms with van der Waals surface area (Å²) in [6, 6.07) is 13.5. The largest absolute Gasteiger partial charge is 0.494 e. The van der Waals surface area contributed by atoms with E-state index < -0.39 is 0 Å². The molecule has 118 valence electrons. The lowest BCUT2D eigenvalue weighted by Gasteiger charge is -2.17. The van der Waals surface area contributed by atoms with Gasteiger partial charge in [-0.3, -0.25) is 4.79 Å². The van der Waals surface area contributed by atoms with Crippen molar-refractivity contribution in [2.24, 2.45) is 0 Å². The highest BCUT2D eigenvalue weighted by Crippen LogP contribution is 2.20. The molecule has 0 atom stereocenters. The molecule has 4 nitrogen and oxygen atoms in total. The van der Waals surface area contributed by atoms with Gasteiger partial charge in [0.05, 0.1) is 22.3 Å². The second kappa shape index (κ2) is 6.79. The number of carbonyl (C=O) groups is 1. The summed E-state index contributed by atoms with van der Waals surface area (Å²) in [4.78, 5) is 18.5. The van der Waals surface area contributed by atoms with Crippen LogP contribution in [0.2, 0.25) is 0 Å². The molecule has 0 aliphatic rings. The van der Waals surface area contributed by atoms with Crippen LogP contribution < -0.4 is 4.74 Å². The fourth-order valence-corrected chi connectivity index (χ4v) is 3.13. The smallest absolute Gasteiger partial charge is 0.253 e. The Morgan fingerprint density at radius 1 is 1.22 bits per heavy atom. The van der Waals surface area contributed by atoms with Crippen molar-refractivity contribution in [3.8, 4) is 5.75 Å². The molecule has 2 aromatic carbocycles. The predicted octanol–water partition coefficient (Wildman–Crippen LogP) is 3.97. The fraction of sp³-hybridized carbons (Fsp3) is 0.222. The van der Waals surface area contributed by atoms with Gasteiger partial charge in [0.15, 0.2) is 0 Å². The highest BCUT2D eigenvalue weighted by Gasteiger charge is 2.13. The first-order chi connectivity index (χ1) is 11.2. The summed E-state index contributed by atoms with van der Waals surface area (Å²) in [6.07, 6.45) is 0. The van der Waals surface area contributed by atoms with Gasteiger partial charge in [-0.05, 0) is 42.8 Å². The monoisotopic (exact) mass is 326 g/mol. The number of hydrogen-bond acceptors (Lipinski definition) is 4. The van der Waals surface area contributed by atoms with Gasteiger partial charge in [0.1, 0.15) is 5.75 Å². The summed E-state index contributed by atoms with van der Waals surface area (Å²) in [5, 5.41) is 0. The van der Waals surface area contributed by atoms with E-state index in [1.54, 1.807) is 21.7 Å². The molecular formula is C18H18N2O2S. The van der Waals surface area contributed by atoms with Gasteiger partial charge in [-0.15, -0.1) is 11.3 Å². The number of amides is 1. The number of benzene rings is 2. The summed E-state index contributed by atoms with van der Waals surface area (Å²) in [5.74, 6) is 0.857. The van der Waals surface area contributed by atoms with Crippen LogP contribution in [0.1, 0.15) is 22.8 Å². The maximum Gasteiger partial charge on any atom is 0.253 e. The van der Waals surface area contributed by atoms with Crippen molar-refractivity contribution in [2.75, 3.05) is 13.7 Å². The van der Waals surface area contributed by atoms with E-state index in [2.05, 4.69) is 4.98 Å². The number of nitrogens with zero attached hydrogens (tertiary/aromatic N) is 2. The quantitative estimate of drug-likeness (QED) is 0.712. The van der Waals surface area contributed by atoms with Gasteiger partial charge in [0.25, 0.3) is 5.91 Å². The lowest BCUT2D eigenvalue weighted by Crippen LogP contribution is -2.26. The maximum absolute atomic E-state index is 12.6. The van der Waals surface area contributed by atoms with E-state index in [-0.39, 0.29) is 5.91 Å². The summed E-state index contributed by atoms with van der Waals surface area (Å²) in [5.41, 5.74) is 4.49. The zero-order valence-corrected chi connectivity index (χ0v) is 14.0. The molecule has 1 amide bonds. The number of rotatable bonds is 5. The normalized spacial score (nSPS) is 10.7. The first-order valence-corrected chi connectivity index (χ1v) is 8.36. The van der Waals surface area contributed by atoms with Crippen LogP contribution in [0.4, 0.5) is 0 Å². The van der Waals surface area contributed by atoms with Crippen LogP contribution >= 0.6 is 11.3 Å². The van der Waals surface area contributed by atoms with E-state index in [1.807, 2.05) is 56.4 Å². The lowest BCUT2D eigenvalue weighted by atomic mass is 10.1. The molecule has 0 N–H and O–H groups in total. The predicted molar refractivity (Wildman–Crippen MR) is 93.0 cm³/mol. The molecule has 0 radical (unpaired) electrons. The van der Waals surface area contributed by atoms with Gasteiger partial charge in [0, 0.05) is 19.2 Å². The van der Waals surface area contributed by atoms with Gasteiger partial charge in [0.2, 0.25) is 0 Å². The van der Waals surface area contributed by atoms with Crippen molar-refractivity contribution >= 4 is 27.5 Å². The molecule has 0 spiro atoms. The highest BCUT2D eigenvalue weighted by atomic mass is 32.1. The third-order valence-electron chi connectivity index (χ3n) is 3.58. The van der Waals surface area contributed by atoms with E-state index in [0.29, 0.717) is 18.7 Å². The summed E-state index contributed by atoms with van der Waals surface area (Å²) < 4.78 is 6.46. The number of carbonyl (C=O) groups excluding carboxylic acids is 1. The van der Waals surface area contributed by atoms with Crippen molar-refractivity contribution in [3.05, 3.63) is 59.1 Å². The molecule has 0 fully saturated rings. The van der Waals surface area contributed by atoms with Crippen molar-refractivity contribution in [3.63, 3.8) is 0 Å². The minimum atomic E-state index is 0.00850. The van der Waals surface area contributed by atoms with Crippen molar-refractivity contribution in [1.82, 2.24) is 9.88 Å². The molecule has 0 aliphatic carbocycles. The Labute approximate surface area is 139 Å². The highest BCUT2D eigenvalue weighted by molar-refractivity contribution is 7.16. The number of ether oxygens (including phenoxy) is 1. The minimum Gasteiger partial charge on any atom is -0.494 e. The van der Waals surface area contributed by atoms with Crippen LogP contribution in [-0.2, 0) is 6.54 Å². The van der Waals surface area contributed by atoms with Crippen LogP contribution in [0, 0.1) is 0 Å². The summed E-state index contributed by atoms with van der Waals surface area (Å²) in [6.45, 7) is 3.17. The molecule has 3 rings (SSSR count). The topological polar surface area (TPSA) is 42.4 Å². The Kier molecular flexibility index (Phi) is 4.57. The van der Waals surface area contributed by atoms with E-state index >= 15 is 0 Å². The van der Waals surface area contributed by atoms with Crippen LogP contribution in [0.15, 0.2) is 48.0 Å². The van der Waals surface area contributed by atoms with Crippen LogP contribution in [-0.4, -0.2) is 29.4 Å². The number of aromatic nitrogens is 1. The first-order valence-electron chi connectivity index (χ1n) is 7.48. The molecule has 5 heteroatoms. The zero-order valence-electron chi connectivity index (χ0n) is 13.2. The summed E-state index contributed by atoms with van der Waals surface area (Å²) >= 11 is 1.55. The Morgan fingerprint density at radius 3 is 2.74 bits per heavy atom. The lowest BCUT2D eigenvalue weighted by molar-refractivity contribution is 0.0785. The molecule has 0 aliphatic heterocycles. The number of thiazole rings is 1. The second-order valence-corrected chi connectivity index (χ2v) is 6.16. The molecule has 0 saturated heterocycles. The number of fused-ring (bicyclic) bond motifs is 1. The van der Waals surface area contributed by atoms with Gasteiger partial charge in [-0.1, -0.05) is 12.1 Å². The third kappa shape index (κ3) is 3.51. The van der Waals surface area contributed by atoms with Gasteiger partial charge in [-0.25, -0.2) is 4.98 Å². The SMILES string of the molecule is CCOc1ccc(CN(C)C(=O)c2ccc3ncsc3c2)cc1. The minimum absolute atomic E-state index is 0.00850. The molecule has 0 saturated carbocycles. The van der Waals surface area contributed by atoms with E-state index in [9.17, 15) is 4.79 Å². The van der Waals surface area contributed by atoms with Crippen LogP contribution in [0.25, 0.3) is 10.2 Å². The Hall–Kier alpha value is -2.40. The van der Waals surface area contributed by atoms with Crippen LogP contribution in [0.5, 0.6) is 5.75 Å². The molecule has 0 unspecified atom stereocenters. The molecule has 0 bridgehead atoms. The average molecular weight is 326 g/mol. The maximum atomic E-state index is 12.6. The fourth-order valence-electron chi connectivity index (χ4n) is 2.41. The van der Waals surface area contributed by atoms with E-state index in [4.69, 9.17) is 4.74 Å². The van der Waals surface area contributed by atoms with Crippen LogP contribution in [0.3, 0.4) is 0 Å². The number of hydrogen-bond donors (Lipinski definition) is 0. The van der Waals surface area contributed by atoms with Gasteiger partial charge in [-0.2, -0.15) is 0 Å². The second-order valence-electron chi connectivity index (χ2n) is 5.27. The molecule has 23 heavy (non-hydrogen) atoms. The Balaban J connectivity index is 1.71. The van der Waals surface area contributed by atoms with Crippen molar-refractivity contribution < 1.29 is 9.53 Å². The van der Waals surface area contributed by atoms with Gasteiger partial charge < -0.3 is 9.64 Å². The molecule has 3 aromatic rings. The average Bonchev–Trinajstić information content (AvgIpc) is 3.03. The Bertz CT molecular complexity index is 811. The zero-order chi connectivity index (χ0) is 16.2. The first kappa shape index (κ1) is 15.5. The third-order valence-corrected chi connectivity index (χ3v) is 4.37. The molecular weight excluding hydrogens is 308 g/mol. The molecule has 1 heterocycles. The Morgan fingerprint density at radius 2 is 2.00 bits per heavy atom. The molecule has 1 aromatic heterocycles. The summed E-state index contributed by atoms with van der Waals surface area (Å²) in [7, 11) is 1.82. The van der Waals surface area contributed by atoms with E-state index in [0.717, 1.165) is 21.5 Å². The standard InChI is InChI=1S/C18H18N2O2S/c1-3-22-15-7-4-13(5-8-15)11-20(2)18(21)14-6-9-16-17(10-14)23-12-19-16/h4-10,12H,3,11H2,1-2H3. The van der Waals surface area contributed by atoms with Crippen molar-refractivity contribution in [1.29, 1.82) is 0 Å². The van der Waals surface area contributed by atoms with Gasteiger partial charge >= 0.3 is 0 Å². The van der Waals surface area contributed by atoms with Crippen molar-refractivity contribution in [2.45, 2.75) is 13.5 Å².